The van der Waals surface area contributed by atoms with Crippen LogP contribution in [0.3, 0.4) is 0 Å². The van der Waals surface area contributed by atoms with Crippen LogP contribution >= 0.6 is 27.3 Å². The van der Waals surface area contributed by atoms with E-state index in [-0.39, 0.29) is 5.91 Å². The predicted molar refractivity (Wildman–Crippen MR) is 79.8 cm³/mol. The fraction of sp³-hybridized carbons (Fsp3) is 0.231. The van der Waals surface area contributed by atoms with Gasteiger partial charge in [-0.2, -0.15) is 0 Å². The monoisotopic (exact) mass is 339 g/mol. The van der Waals surface area contributed by atoms with Gasteiger partial charge in [-0.3, -0.25) is 10.1 Å². The normalized spacial score (nSPS) is 12.3. The average molecular weight is 340 g/mol. The first-order valence-electron chi connectivity index (χ1n) is 5.75. The fourth-order valence-corrected chi connectivity index (χ4v) is 2.90. The van der Waals surface area contributed by atoms with Crippen molar-refractivity contribution in [3.05, 3.63) is 50.4 Å². The van der Waals surface area contributed by atoms with Crippen molar-refractivity contribution < 1.29 is 4.79 Å². The number of aryl methyl sites for hydroxylation is 1. The Labute approximate surface area is 124 Å². The van der Waals surface area contributed by atoms with Crippen molar-refractivity contribution in [2.45, 2.75) is 19.5 Å². The molecular formula is C13H14BrN3OS. The van der Waals surface area contributed by atoms with Gasteiger partial charge in [-0.1, -0.05) is 28.1 Å². The highest BCUT2D eigenvalue weighted by molar-refractivity contribution is 9.10. The number of carbonyl (C=O) groups excluding carboxylic acids is 1. The zero-order chi connectivity index (χ0) is 13.8. The van der Waals surface area contributed by atoms with Gasteiger partial charge in [0.1, 0.15) is 6.04 Å². The van der Waals surface area contributed by atoms with E-state index in [2.05, 4.69) is 26.2 Å². The fourth-order valence-electron chi connectivity index (χ4n) is 1.76. The van der Waals surface area contributed by atoms with Crippen molar-refractivity contribution in [2.24, 2.45) is 5.73 Å². The van der Waals surface area contributed by atoms with Crippen molar-refractivity contribution in [1.82, 2.24) is 10.3 Å². The first-order chi connectivity index (χ1) is 9.08. The number of aromatic nitrogens is 1. The quantitative estimate of drug-likeness (QED) is 0.879. The topological polar surface area (TPSA) is 68.0 Å². The van der Waals surface area contributed by atoms with Crippen molar-refractivity contribution >= 4 is 33.2 Å². The summed E-state index contributed by atoms with van der Waals surface area (Å²) in [6.07, 6.45) is 0. The lowest BCUT2D eigenvalue weighted by molar-refractivity contribution is -0.120. The van der Waals surface area contributed by atoms with Crippen LogP contribution in [-0.4, -0.2) is 10.9 Å². The Morgan fingerprint density at radius 3 is 2.95 bits per heavy atom. The lowest BCUT2D eigenvalue weighted by Crippen LogP contribution is -2.33. The minimum absolute atomic E-state index is 0.389. The largest absolute Gasteiger partial charge is 0.368 e. The highest BCUT2D eigenvalue weighted by Crippen LogP contribution is 2.20. The molecule has 0 aliphatic rings. The first-order valence-corrected chi connectivity index (χ1v) is 7.42. The molecule has 1 atom stereocenters. The Morgan fingerprint density at radius 1 is 1.58 bits per heavy atom. The van der Waals surface area contributed by atoms with Crippen LogP contribution in [0.5, 0.6) is 0 Å². The number of nitrogens with two attached hydrogens (primary N) is 1. The lowest BCUT2D eigenvalue weighted by atomic mass is 10.1. The van der Waals surface area contributed by atoms with Crippen molar-refractivity contribution in [3.63, 3.8) is 0 Å². The van der Waals surface area contributed by atoms with Crippen LogP contribution in [0.15, 0.2) is 34.2 Å². The maximum atomic E-state index is 11.6. The Hall–Kier alpha value is -1.24. The van der Waals surface area contributed by atoms with Gasteiger partial charge in [0.2, 0.25) is 5.91 Å². The van der Waals surface area contributed by atoms with E-state index >= 15 is 0 Å². The standard InChI is InChI=1S/C13H14BrN3OS/c1-8-11(19-7-17-8)6-16-12(13(15)18)9-3-2-4-10(14)5-9/h2-5,7,12,16H,6H2,1H3,(H2,15,18). The van der Waals surface area contributed by atoms with Crippen molar-refractivity contribution in [2.75, 3.05) is 0 Å². The molecule has 3 N–H and O–H groups in total. The van der Waals surface area contributed by atoms with Gasteiger partial charge >= 0.3 is 0 Å². The maximum absolute atomic E-state index is 11.6. The highest BCUT2D eigenvalue weighted by Gasteiger charge is 2.18. The Balaban J connectivity index is 2.13. The lowest BCUT2D eigenvalue weighted by Gasteiger charge is -2.15. The smallest absolute Gasteiger partial charge is 0.239 e. The van der Waals surface area contributed by atoms with Gasteiger partial charge in [-0.05, 0) is 24.6 Å². The molecule has 0 aliphatic heterocycles. The van der Waals surface area contributed by atoms with E-state index in [0.717, 1.165) is 20.6 Å². The van der Waals surface area contributed by atoms with Gasteiger partial charge in [-0.15, -0.1) is 11.3 Å². The molecule has 4 nitrogen and oxygen atoms in total. The molecule has 6 heteroatoms. The molecule has 1 amide bonds. The molecule has 1 heterocycles. The number of hydrogen-bond donors (Lipinski definition) is 2. The number of halogens is 1. The van der Waals surface area contributed by atoms with Crippen molar-refractivity contribution in [1.29, 1.82) is 0 Å². The number of benzene rings is 1. The van der Waals surface area contributed by atoms with Gasteiger partial charge in [0.05, 0.1) is 11.2 Å². The molecule has 0 aliphatic carbocycles. The van der Waals surface area contributed by atoms with E-state index in [0.29, 0.717) is 6.54 Å². The van der Waals surface area contributed by atoms with Gasteiger partial charge in [0, 0.05) is 15.9 Å². The van der Waals surface area contributed by atoms with Gasteiger partial charge in [0.25, 0.3) is 0 Å². The Kier molecular flexibility index (Phi) is 4.68. The van der Waals surface area contributed by atoms with Crippen LogP contribution in [0.25, 0.3) is 0 Å². The van der Waals surface area contributed by atoms with Crippen LogP contribution in [0.4, 0.5) is 0 Å². The van der Waals surface area contributed by atoms with Gasteiger partial charge in [0.15, 0.2) is 0 Å². The number of amides is 1. The van der Waals surface area contributed by atoms with Crippen molar-refractivity contribution in [3.8, 4) is 0 Å². The third kappa shape index (κ3) is 3.62. The summed E-state index contributed by atoms with van der Waals surface area (Å²) in [5, 5.41) is 3.18. The van der Waals surface area contributed by atoms with E-state index in [9.17, 15) is 4.79 Å². The summed E-state index contributed by atoms with van der Waals surface area (Å²) in [7, 11) is 0. The molecule has 2 aromatic rings. The van der Waals surface area contributed by atoms with Crippen LogP contribution in [0.1, 0.15) is 22.2 Å². The SMILES string of the molecule is Cc1ncsc1CNC(C(N)=O)c1cccc(Br)c1. The first kappa shape index (κ1) is 14.2. The van der Waals surface area contributed by atoms with Gasteiger partial charge in [-0.25, -0.2) is 4.98 Å². The average Bonchev–Trinajstić information content (AvgIpc) is 2.75. The van der Waals surface area contributed by atoms with E-state index in [1.165, 1.54) is 0 Å². The second-order valence-corrected chi connectivity index (χ2v) is 5.99. The van der Waals surface area contributed by atoms with Crippen LogP contribution in [0.2, 0.25) is 0 Å². The second kappa shape index (κ2) is 6.27. The molecule has 19 heavy (non-hydrogen) atoms. The summed E-state index contributed by atoms with van der Waals surface area (Å²) in [6.45, 7) is 2.53. The van der Waals surface area contributed by atoms with E-state index < -0.39 is 6.04 Å². The summed E-state index contributed by atoms with van der Waals surface area (Å²) < 4.78 is 0.923. The molecule has 0 spiro atoms. The molecule has 0 bridgehead atoms. The number of thiazole rings is 1. The molecule has 1 aromatic carbocycles. The molecule has 0 radical (unpaired) electrons. The number of hydrogen-bond acceptors (Lipinski definition) is 4. The number of nitrogens with zero attached hydrogens (tertiary/aromatic N) is 1. The summed E-state index contributed by atoms with van der Waals surface area (Å²) in [5.74, 6) is -0.389. The molecule has 0 fully saturated rings. The minimum atomic E-state index is -0.501. The summed E-state index contributed by atoms with van der Waals surface area (Å²) in [4.78, 5) is 16.9. The molecule has 100 valence electrons. The summed E-state index contributed by atoms with van der Waals surface area (Å²) in [5.41, 5.74) is 9.10. The van der Waals surface area contributed by atoms with E-state index in [1.54, 1.807) is 16.8 Å². The zero-order valence-corrected chi connectivity index (χ0v) is 12.8. The van der Waals surface area contributed by atoms with Gasteiger partial charge < -0.3 is 5.73 Å². The Bertz CT molecular complexity index is 585. The van der Waals surface area contributed by atoms with E-state index in [1.807, 2.05) is 31.2 Å². The zero-order valence-electron chi connectivity index (χ0n) is 10.4. The summed E-state index contributed by atoms with van der Waals surface area (Å²) in [6, 6.07) is 7.07. The molecule has 0 saturated heterocycles. The van der Waals surface area contributed by atoms with Crippen LogP contribution < -0.4 is 11.1 Å². The Morgan fingerprint density at radius 2 is 2.37 bits per heavy atom. The second-order valence-electron chi connectivity index (χ2n) is 4.13. The van der Waals surface area contributed by atoms with Crippen LogP contribution in [0, 0.1) is 6.92 Å². The number of carbonyl (C=O) groups is 1. The van der Waals surface area contributed by atoms with E-state index in [4.69, 9.17) is 5.73 Å². The maximum Gasteiger partial charge on any atom is 0.239 e. The highest BCUT2D eigenvalue weighted by atomic mass is 79.9. The molecule has 1 aromatic heterocycles. The predicted octanol–water partition coefficient (Wildman–Crippen LogP) is 2.53. The number of nitrogens with one attached hydrogen (secondary N) is 1. The minimum Gasteiger partial charge on any atom is -0.368 e. The molecular weight excluding hydrogens is 326 g/mol. The molecule has 2 rings (SSSR count). The third-order valence-electron chi connectivity index (χ3n) is 2.78. The van der Waals surface area contributed by atoms with Crippen LogP contribution in [-0.2, 0) is 11.3 Å². The third-order valence-corrected chi connectivity index (χ3v) is 4.21. The summed E-state index contributed by atoms with van der Waals surface area (Å²) >= 11 is 4.96. The number of primary amides is 1. The molecule has 1 unspecified atom stereocenters. The molecule has 0 saturated carbocycles. The number of rotatable bonds is 5.